The maximum atomic E-state index is 10.8. The number of hydrogen-bond donors (Lipinski definition) is 2. The summed E-state index contributed by atoms with van der Waals surface area (Å²) in [4.78, 5) is 14.8. The van der Waals surface area contributed by atoms with Crippen molar-refractivity contribution < 1.29 is 14.6 Å². The van der Waals surface area contributed by atoms with Gasteiger partial charge in [0.1, 0.15) is 5.69 Å². The van der Waals surface area contributed by atoms with Crippen molar-refractivity contribution in [1.82, 2.24) is 10.3 Å². The molecule has 0 radical (unpaired) electrons. The van der Waals surface area contributed by atoms with Crippen molar-refractivity contribution in [2.75, 3.05) is 13.2 Å². The van der Waals surface area contributed by atoms with Crippen molar-refractivity contribution in [3.05, 3.63) is 29.6 Å². The van der Waals surface area contributed by atoms with Gasteiger partial charge in [0.25, 0.3) is 0 Å². The molecule has 2 N–H and O–H groups in total. The lowest BCUT2D eigenvalue weighted by molar-refractivity contribution is 0.0684. The third kappa shape index (κ3) is 3.51. The van der Waals surface area contributed by atoms with Crippen LogP contribution in [-0.2, 0) is 11.3 Å². The van der Waals surface area contributed by atoms with Gasteiger partial charge in [0.05, 0.1) is 12.3 Å². The maximum Gasteiger partial charge on any atom is 0.354 e. The van der Waals surface area contributed by atoms with Crippen molar-refractivity contribution in [1.29, 1.82) is 0 Å². The van der Waals surface area contributed by atoms with Gasteiger partial charge >= 0.3 is 5.97 Å². The quantitative estimate of drug-likeness (QED) is 0.817. The fourth-order valence-electron chi connectivity index (χ4n) is 1.85. The molecule has 2 heterocycles. The lowest BCUT2D eigenvalue weighted by Crippen LogP contribution is -2.36. The first kappa shape index (κ1) is 12.0. The summed E-state index contributed by atoms with van der Waals surface area (Å²) >= 11 is 0. The van der Waals surface area contributed by atoms with E-state index in [4.69, 9.17) is 9.84 Å². The molecule has 0 bridgehead atoms. The molecule has 1 atom stereocenters. The number of aromatic carboxylic acids is 1. The van der Waals surface area contributed by atoms with Crippen molar-refractivity contribution in [3.8, 4) is 0 Å². The van der Waals surface area contributed by atoms with Crippen LogP contribution in [-0.4, -0.2) is 35.3 Å². The zero-order chi connectivity index (χ0) is 12.1. The Hall–Kier alpha value is -1.46. The molecule has 0 saturated carbocycles. The van der Waals surface area contributed by atoms with Crippen molar-refractivity contribution >= 4 is 5.97 Å². The minimum absolute atomic E-state index is 0.0872. The highest BCUT2D eigenvalue weighted by Crippen LogP contribution is 2.07. The van der Waals surface area contributed by atoms with Crippen molar-refractivity contribution in [3.63, 3.8) is 0 Å². The van der Waals surface area contributed by atoms with Crippen LogP contribution in [0.2, 0.25) is 0 Å². The lowest BCUT2D eigenvalue weighted by Gasteiger charge is -2.23. The third-order valence-electron chi connectivity index (χ3n) is 2.76. The Labute approximate surface area is 99.8 Å². The Morgan fingerprint density at radius 2 is 2.47 bits per heavy atom. The molecule has 1 fully saturated rings. The first-order chi connectivity index (χ1) is 8.25. The van der Waals surface area contributed by atoms with Crippen LogP contribution in [0.1, 0.15) is 29.0 Å². The highest BCUT2D eigenvalue weighted by molar-refractivity contribution is 5.85. The summed E-state index contributed by atoms with van der Waals surface area (Å²) in [5.41, 5.74) is 0.833. The Kier molecular flexibility index (Phi) is 4.06. The first-order valence-electron chi connectivity index (χ1n) is 5.76. The standard InChI is InChI=1S/C12H16N2O3/c15-12(16)11-5-1-3-9(14-11)7-13-10-4-2-6-17-8-10/h1,3,5,10,13H,2,4,6-8H2,(H,15,16). The number of pyridine rings is 1. The summed E-state index contributed by atoms with van der Waals surface area (Å²) < 4.78 is 5.36. The van der Waals surface area contributed by atoms with E-state index in [-0.39, 0.29) is 5.69 Å². The molecule has 0 spiro atoms. The average Bonchev–Trinajstić information content (AvgIpc) is 2.38. The Morgan fingerprint density at radius 3 is 3.18 bits per heavy atom. The van der Waals surface area contributed by atoms with Gasteiger partial charge in [-0.25, -0.2) is 9.78 Å². The zero-order valence-electron chi connectivity index (χ0n) is 9.56. The van der Waals surface area contributed by atoms with Gasteiger partial charge in [0.2, 0.25) is 0 Å². The van der Waals surface area contributed by atoms with E-state index in [0.717, 1.165) is 31.7 Å². The molecule has 92 valence electrons. The first-order valence-corrected chi connectivity index (χ1v) is 5.76. The largest absolute Gasteiger partial charge is 0.477 e. The number of nitrogens with zero attached hydrogens (tertiary/aromatic N) is 1. The van der Waals surface area contributed by atoms with Gasteiger partial charge in [0.15, 0.2) is 0 Å². The van der Waals surface area contributed by atoms with Crippen LogP contribution in [0.3, 0.4) is 0 Å². The van der Waals surface area contributed by atoms with Crippen LogP contribution in [0.4, 0.5) is 0 Å². The van der Waals surface area contributed by atoms with E-state index in [1.165, 1.54) is 6.07 Å². The topological polar surface area (TPSA) is 71.5 Å². The predicted octanol–water partition coefficient (Wildman–Crippen LogP) is 1.05. The van der Waals surface area contributed by atoms with E-state index in [9.17, 15) is 4.79 Å². The average molecular weight is 236 g/mol. The second-order valence-electron chi connectivity index (χ2n) is 4.11. The van der Waals surface area contributed by atoms with E-state index in [1.54, 1.807) is 6.07 Å². The molecule has 1 aromatic rings. The van der Waals surface area contributed by atoms with E-state index in [0.29, 0.717) is 12.6 Å². The van der Waals surface area contributed by atoms with Gasteiger partial charge in [-0.05, 0) is 25.0 Å². The van der Waals surface area contributed by atoms with E-state index in [1.807, 2.05) is 6.07 Å². The summed E-state index contributed by atoms with van der Waals surface area (Å²) in [5.74, 6) is -0.993. The molecule has 5 heteroatoms. The molecule has 17 heavy (non-hydrogen) atoms. The molecule has 2 rings (SSSR count). The summed E-state index contributed by atoms with van der Waals surface area (Å²) in [6.07, 6.45) is 2.17. The third-order valence-corrected chi connectivity index (χ3v) is 2.76. The number of rotatable bonds is 4. The van der Waals surface area contributed by atoms with Crippen LogP contribution < -0.4 is 5.32 Å². The normalized spacial score (nSPS) is 20.1. The van der Waals surface area contributed by atoms with Crippen molar-refractivity contribution in [2.24, 2.45) is 0 Å². The summed E-state index contributed by atoms with van der Waals surface area (Å²) in [5, 5.41) is 12.1. The highest BCUT2D eigenvalue weighted by Gasteiger charge is 2.13. The number of hydrogen-bond acceptors (Lipinski definition) is 4. The van der Waals surface area contributed by atoms with Gasteiger partial charge in [-0.2, -0.15) is 0 Å². The van der Waals surface area contributed by atoms with Gasteiger partial charge in [-0.1, -0.05) is 6.07 Å². The second-order valence-corrected chi connectivity index (χ2v) is 4.11. The van der Waals surface area contributed by atoms with Crippen molar-refractivity contribution in [2.45, 2.75) is 25.4 Å². The molecule has 1 unspecified atom stereocenters. The van der Waals surface area contributed by atoms with Gasteiger partial charge in [-0.15, -0.1) is 0 Å². The lowest BCUT2D eigenvalue weighted by atomic mass is 10.1. The summed E-state index contributed by atoms with van der Waals surface area (Å²) in [6.45, 7) is 2.14. The molecule has 0 amide bonds. The van der Waals surface area contributed by atoms with Crippen LogP contribution >= 0.6 is 0 Å². The van der Waals surface area contributed by atoms with E-state index >= 15 is 0 Å². The molecule has 1 aliphatic heterocycles. The number of carbonyl (C=O) groups is 1. The molecule has 0 aromatic carbocycles. The van der Waals surface area contributed by atoms with Crippen LogP contribution in [0, 0.1) is 0 Å². The number of ether oxygens (including phenoxy) is 1. The van der Waals surface area contributed by atoms with Gasteiger partial charge in [0, 0.05) is 19.2 Å². The van der Waals surface area contributed by atoms with Crippen LogP contribution in [0.25, 0.3) is 0 Å². The highest BCUT2D eigenvalue weighted by atomic mass is 16.5. The fourth-order valence-corrected chi connectivity index (χ4v) is 1.85. The van der Waals surface area contributed by atoms with Crippen LogP contribution in [0.15, 0.2) is 18.2 Å². The Balaban J connectivity index is 1.89. The molecular weight excluding hydrogens is 220 g/mol. The van der Waals surface area contributed by atoms with E-state index < -0.39 is 5.97 Å². The molecule has 0 aliphatic carbocycles. The van der Waals surface area contributed by atoms with E-state index in [2.05, 4.69) is 10.3 Å². The minimum Gasteiger partial charge on any atom is -0.477 e. The van der Waals surface area contributed by atoms with Gasteiger partial charge in [-0.3, -0.25) is 0 Å². The summed E-state index contributed by atoms with van der Waals surface area (Å²) in [6, 6.07) is 5.38. The zero-order valence-corrected chi connectivity index (χ0v) is 9.56. The number of aromatic nitrogens is 1. The smallest absolute Gasteiger partial charge is 0.354 e. The molecule has 5 nitrogen and oxygen atoms in total. The molecule has 1 aliphatic rings. The Morgan fingerprint density at radius 1 is 1.59 bits per heavy atom. The summed E-state index contributed by atoms with van der Waals surface area (Å²) in [7, 11) is 0. The van der Waals surface area contributed by atoms with Gasteiger partial charge < -0.3 is 15.2 Å². The molecular formula is C12H16N2O3. The predicted molar refractivity (Wildman–Crippen MR) is 61.9 cm³/mol. The van der Waals surface area contributed by atoms with Crippen LogP contribution in [0.5, 0.6) is 0 Å². The maximum absolute atomic E-state index is 10.8. The number of carboxylic acids is 1. The second kappa shape index (κ2) is 5.75. The fraction of sp³-hybridized carbons (Fsp3) is 0.500. The molecule has 1 aromatic heterocycles. The number of carboxylic acid groups (broad SMARTS) is 1. The monoisotopic (exact) mass is 236 g/mol. The number of nitrogens with one attached hydrogen (secondary N) is 1. The minimum atomic E-state index is -0.993. The Bertz CT molecular complexity index is 389. The SMILES string of the molecule is O=C(O)c1cccc(CNC2CCCOC2)n1. The molecule has 1 saturated heterocycles.